The summed E-state index contributed by atoms with van der Waals surface area (Å²) in [5.74, 6) is -0.0609. The number of anilines is 3. The fraction of sp³-hybridized carbons (Fsp3) is 0.0800. The van der Waals surface area contributed by atoms with Gasteiger partial charge in [-0.1, -0.05) is 12.1 Å². The number of ether oxygens (including phenoxy) is 2. The number of sulfone groups is 1. The first-order valence-corrected chi connectivity index (χ1v) is 12.6. The zero-order valence-electron chi connectivity index (χ0n) is 18.7. The summed E-state index contributed by atoms with van der Waals surface area (Å²) in [6.45, 7) is 0. The molecule has 4 aromatic rings. The molecule has 0 spiro atoms. The van der Waals surface area contributed by atoms with Gasteiger partial charge in [-0.3, -0.25) is 4.79 Å². The summed E-state index contributed by atoms with van der Waals surface area (Å²) in [4.78, 5) is 13.0. The van der Waals surface area contributed by atoms with Crippen molar-refractivity contribution in [3.63, 3.8) is 0 Å². The lowest BCUT2D eigenvalue weighted by Gasteiger charge is -2.12. The molecule has 0 aliphatic carbocycles. The smallest absolute Gasteiger partial charge is 0.211 e. The maximum atomic E-state index is 13.7. The quantitative estimate of drug-likeness (QED) is 0.309. The van der Waals surface area contributed by atoms with Crippen molar-refractivity contribution in [3.8, 4) is 11.5 Å². The Balaban J connectivity index is 1.88. The van der Waals surface area contributed by atoms with Crippen molar-refractivity contribution in [3.05, 3.63) is 89.1 Å². The lowest BCUT2D eigenvalue weighted by Crippen LogP contribution is -2.08. The molecule has 10 heteroatoms. The molecular weight excluding hydrogens is 491 g/mol. The summed E-state index contributed by atoms with van der Waals surface area (Å²) in [5, 5.41) is 3.21. The summed E-state index contributed by atoms with van der Waals surface area (Å²) in [7, 11) is -1.19. The molecule has 180 valence electrons. The van der Waals surface area contributed by atoms with Gasteiger partial charge in [0.1, 0.15) is 32.1 Å². The Bertz CT molecular complexity index is 1480. The van der Waals surface area contributed by atoms with Gasteiger partial charge in [0.2, 0.25) is 15.6 Å². The van der Waals surface area contributed by atoms with Gasteiger partial charge in [-0.15, -0.1) is 11.3 Å². The highest BCUT2D eigenvalue weighted by Crippen LogP contribution is 2.45. The van der Waals surface area contributed by atoms with E-state index in [1.807, 2.05) is 0 Å². The van der Waals surface area contributed by atoms with Crippen molar-refractivity contribution in [2.45, 2.75) is 9.79 Å². The molecule has 1 heterocycles. The highest BCUT2D eigenvalue weighted by Gasteiger charge is 2.32. The summed E-state index contributed by atoms with van der Waals surface area (Å²) in [6, 6.07) is 17.7. The van der Waals surface area contributed by atoms with Crippen LogP contribution in [0.5, 0.6) is 11.5 Å². The maximum Gasteiger partial charge on any atom is 0.211 e. The predicted molar refractivity (Wildman–Crippen MR) is 133 cm³/mol. The van der Waals surface area contributed by atoms with Gasteiger partial charge >= 0.3 is 0 Å². The van der Waals surface area contributed by atoms with Gasteiger partial charge in [-0.2, -0.15) is 0 Å². The van der Waals surface area contributed by atoms with Crippen LogP contribution in [0.3, 0.4) is 0 Å². The second-order valence-electron chi connectivity index (χ2n) is 7.34. The predicted octanol–water partition coefficient (Wildman–Crippen LogP) is 5.29. The summed E-state index contributed by atoms with van der Waals surface area (Å²) in [5.41, 5.74) is 6.79. The molecule has 3 N–H and O–H groups in total. The third-order valence-corrected chi connectivity index (χ3v) is 8.31. The normalized spacial score (nSPS) is 11.2. The van der Waals surface area contributed by atoms with Crippen LogP contribution in [0.4, 0.5) is 20.8 Å². The van der Waals surface area contributed by atoms with E-state index in [1.54, 1.807) is 24.3 Å². The summed E-state index contributed by atoms with van der Waals surface area (Å²) in [6.07, 6.45) is 0. The lowest BCUT2D eigenvalue weighted by atomic mass is 10.1. The van der Waals surface area contributed by atoms with Crippen molar-refractivity contribution < 1.29 is 27.1 Å². The van der Waals surface area contributed by atoms with E-state index in [0.29, 0.717) is 17.2 Å². The van der Waals surface area contributed by atoms with Gasteiger partial charge < -0.3 is 20.5 Å². The van der Waals surface area contributed by atoms with Crippen LogP contribution in [0.2, 0.25) is 0 Å². The Morgan fingerprint density at radius 1 is 0.943 bits per heavy atom. The second-order valence-corrected chi connectivity index (χ2v) is 10.3. The van der Waals surface area contributed by atoms with Crippen molar-refractivity contribution in [1.82, 2.24) is 0 Å². The molecule has 0 aliphatic rings. The van der Waals surface area contributed by atoms with E-state index in [-0.39, 0.29) is 30.9 Å². The first-order valence-electron chi connectivity index (χ1n) is 10.3. The number of halogens is 1. The van der Waals surface area contributed by atoms with Crippen LogP contribution in [0.25, 0.3) is 0 Å². The molecule has 4 rings (SSSR count). The minimum atomic E-state index is -4.15. The largest absolute Gasteiger partial charge is 0.497 e. The number of carbonyl (C=O) groups is 1. The van der Waals surface area contributed by atoms with Gasteiger partial charge in [-0.25, -0.2) is 12.8 Å². The van der Waals surface area contributed by atoms with E-state index in [1.165, 1.54) is 50.6 Å². The molecular formula is C25H21FN2O5S2. The molecule has 0 atom stereocenters. The maximum absolute atomic E-state index is 13.7. The van der Waals surface area contributed by atoms with Crippen LogP contribution in [0, 0.1) is 5.82 Å². The Morgan fingerprint density at radius 2 is 1.60 bits per heavy atom. The monoisotopic (exact) mass is 512 g/mol. The first-order chi connectivity index (χ1) is 16.8. The minimum absolute atomic E-state index is 0.0149. The number of rotatable bonds is 8. The Kier molecular flexibility index (Phi) is 6.77. The number of para-hydroxylation sites is 2. The third-order valence-electron chi connectivity index (χ3n) is 5.21. The van der Waals surface area contributed by atoms with Gasteiger partial charge in [0.15, 0.2) is 0 Å². The number of hydrogen-bond acceptors (Lipinski definition) is 8. The number of nitrogens with one attached hydrogen (secondary N) is 1. The van der Waals surface area contributed by atoms with Crippen LogP contribution in [0.15, 0.2) is 82.6 Å². The number of methoxy groups -OCH3 is 2. The van der Waals surface area contributed by atoms with Gasteiger partial charge in [0, 0.05) is 5.56 Å². The minimum Gasteiger partial charge on any atom is -0.497 e. The first kappa shape index (κ1) is 24.2. The molecule has 0 amide bonds. The molecule has 7 nitrogen and oxygen atoms in total. The van der Waals surface area contributed by atoms with Crippen LogP contribution < -0.4 is 20.5 Å². The number of thiophene rings is 1. The number of nitrogen functional groups attached to an aromatic ring is 1. The van der Waals surface area contributed by atoms with Crippen LogP contribution in [0.1, 0.15) is 15.2 Å². The fourth-order valence-corrected chi connectivity index (χ4v) is 6.35. The van der Waals surface area contributed by atoms with Crippen molar-refractivity contribution >= 4 is 43.3 Å². The van der Waals surface area contributed by atoms with E-state index in [0.717, 1.165) is 23.5 Å². The van der Waals surface area contributed by atoms with Crippen molar-refractivity contribution in [1.29, 1.82) is 0 Å². The Hall–Kier alpha value is -3.89. The van der Waals surface area contributed by atoms with E-state index in [4.69, 9.17) is 15.2 Å². The molecule has 0 unspecified atom stereocenters. The van der Waals surface area contributed by atoms with Crippen LogP contribution in [-0.4, -0.2) is 28.4 Å². The number of nitrogens with two attached hydrogens (primary N) is 1. The van der Waals surface area contributed by atoms with Crippen molar-refractivity contribution in [2.24, 2.45) is 0 Å². The summed E-state index contributed by atoms with van der Waals surface area (Å²) >= 11 is 0.898. The van der Waals surface area contributed by atoms with E-state index in [2.05, 4.69) is 5.32 Å². The molecule has 0 saturated carbocycles. The fourth-order valence-electron chi connectivity index (χ4n) is 3.42. The van der Waals surface area contributed by atoms with E-state index < -0.39 is 21.4 Å². The van der Waals surface area contributed by atoms with E-state index >= 15 is 0 Å². The Morgan fingerprint density at radius 3 is 2.23 bits per heavy atom. The van der Waals surface area contributed by atoms with Crippen LogP contribution >= 0.6 is 11.3 Å². The Labute approximate surface area is 205 Å². The topological polar surface area (TPSA) is 108 Å². The third kappa shape index (κ3) is 4.71. The molecule has 0 saturated heterocycles. The average molecular weight is 513 g/mol. The molecule has 0 aliphatic heterocycles. The number of hydrogen-bond donors (Lipinski definition) is 2. The molecule has 1 aromatic heterocycles. The molecule has 0 fully saturated rings. The molecule has 3 aromatic carbocycles. The number of benzene rings is 3. The SMILES string of the molecule is COc1ccc(S(=O)(=O)c2c(Nc3ccccc3OC)sc(C(=O)c3ccc(F)cc3)c2N)cc1. The zero-order chi connectivity index (χ0) is 25.2. The average Bonchev–Trinajstić information content (AvgIpc) is 3.20. The van der Waals surface area contributed by atoms with Gasteiger partial charge in [-0.05, 0) is 60.7 Å². The molecule has 0 bridgehead atoms. The highest BCUT2D eigenvalue weighted by molar-refractivity contribution is 7.92. The van der Waals surface area contributed by atoms with Crippen LogP contribution in [-0.2, 0) is 9.84 Å². The molecule has 35 heavy (non-hydrogen) atoms. The van der Waals surface area contributed by atoms with Crippen molar-refractivity contribution in [2.75, 3.05) is 25.3 Å². The highest BCUT2D eigenvalue weighted by atomic mass is 32.2. The standard InChI is InChI=1S/C25H21FN2O5S2/c1-32-17-11-13-18(14-12-17)35(30,31)24-21(27)23(22(29)15-7-9-16(26)10-8-15)34-25(24)28-19-5-3-4-6-20(19)33-2/h3-14,28H,27H2,1-2H3. The number of carbonyl (C=O) groups excluding carboxylic acids is 1. The number of ketones is 1. The summed E-state index contributed by atoms with van der Waals surface area (Å²) < 4.78 is 51.2. The van der Waals surface area contributed by atoms with E-state index in [9.17, 15) is 17.6 Å². The van der Waals surface area contributed by atoms with Gasteiger partial charge in [0.25, 0.3) is 0 Å². The zero-order valence-corrected chi connectivity index (χ0v) is 20.4. The second kappa shape index (κ2) is 9.77. The molecule has 0 radical (unpaired) electrons. The van der Waals surface area contributed by atoms with Gasteiger partial charge in [0.05, 0.1) is 30.5 Å². The lowest BCUT2D eigenvalue weighted by molar-refractivity contribution is 0.104.